The molecule has 0 saturated heterocycles. The fourth-order valence-corrected chi connectivity index (χ4v) is 8.21. The fraction of sp³-hybridized carbons (Fsp3) is 0.0833. The molecule has 1 heterocycles. The Labute approximate surface area is 165 Å². The van der Waals surface area contributed by atoms with Crippen molar-refractivity contribution in [1.29, 1.82) is 0 Å². The summed E-state index contributed by atoms with van der Waals surface area (Å²) in [4.78, 5) is 26.7. The van der Waals surface area contributed by atoms with Crippen LogP contribution in [0, 0.1) is 0 Å². The Kier molecular flexibility index (Phi) is 4.93. The van der Waals surface area contributed by atoms with Crippen LogP contribution in [0.2, 0.25) is 0 Å². The highest BCUT2D eigenvalue weighted by molar-refractivity contribution is 7.99. The molecule has 0 aromatic heterocycles. The summed E-state index contributed by atoms with van der Waals surface area (Å²) in [5.41, 5.74) is 0. The minimum atomic E-state index is -2.42. The summed E-state index contributed by atoms with van der Waals surface area (Å²) in [6.45, 7) is 1.78. The molecule has 3 aromatic rings. The summed E-state index contributed by atoms with van der Waals surface area (Å²) in [6.07, 6.45) is 1.95. The summed E-state index contributed by atoms with van der Waals surface area (Å²) in [5, 5.41) is 4.05. The highest BCUT2D eigenvalue weighted by Crippen LogP contribution is 2.63. The van der Waals surface area contributed by atoms with Crippen molar-refractivity contribution in [3.05, 3.63) is 102 Å². The Bertz CT molecular complexity index is 933. The molecule has 0 saturated carbocycles. The normalized spacial score (nSPS) is 14.1. The van der Waals surface area contributed by atoms with Crippen molar-refractivity contribution in [3.8, 4) is 0 Å². The molecule has 0 radical (unpaired) electrons. The van der Waals surface area contributed by atoms with E-state index in [0.29, 0.717) is 6.54 Å². The third-order valence-electron chi connectivity index (χ3n) is 5.10. The van der Waals surface area contributed by atoms with Crippen molar-refractivity contribution in [1.82, 2.24) is 4.90 Å². The number of hydrogen-bond acceptors (Lipinski definition) is 2. The minimum Gasteiger partial charge on any atom is -0.275 e. The fourth-order valence-electron chi connectivity index (χ4n) is 3.86. The highest BCUT2D eigenvalue weighted by Gasteiger charge is 2.55. The van der Waals surface area contributed by atoms with Crippen LogP contribution in [0.4, 0.5) is 0 Å². The third-order valence-corrected chi connectivity index (χ3v) is 9.42. The topological polar surface area (TPSA) is 37.4 Å². The zero-order valence-electron chi connectivity index (χ0n) is 15.7. The van der Waals surface area contributed by atoms with Gasteiger partial charge < -0.3 is 0 Å². The van der Waals surface area contributed by atoms with E-state index >= 15 is 0 Å². The van der Waals surface area contributed by atoms with Crippen LogP contribution in [-0.2, 0) is 9.59 Å². The standard InChI is InChI=1S/C24H21NO2P/c1-19(26)25-18-17-23(24(25)27)28(20-11-5-2-6-12-20,21-13-7-3-8-14-21)22-15-9-4-10-16-22/h2-17H,18H2,1H3/q+1. The number of imide groups is 1. The number of rotatable bonds is 4. The van der Waals surface area contributed by atoms with Gasteiger partial charge >= 0.3 is 0 Å². The summed E-state index contributed by atoms with van der Waals surface area (Å²) in [6, 6.07) is 30.6. The van der Waals surface area contributed by atoms with Crippen molar-refractivity contribution >= 4 is 35.0 Å². The average Bonchev–Trinajstić information content (AvgIpc) is 3.13. The van der Waals surface area contributed by atoms with Crippen molar-refractivity contribution < 1.29 is 9.59 Å². The van der Waals surface area contributed by atoms with Gasteiger partial charge in [0.25, 0.3) is 5.91 Å². The lowest BCUT2D eigenvalue weighted by Gasteiger charge is -2.28. The van der Waals surface area contributed by atoms with Gasteiger partial charge in [-0.3, -0.25) is 14.5 Å². The van der Waals surface area contributed by atoms with Crippen molar-refractivity contribution in [2.75, 3.05) is 6.54 Å². The van der Waals surface area contributed by atoms with Gasteiger partial charge in [0.05, 0.1) is 6.54 Å². The summed E-state index contributed by atoms with van der Waals surface area (Å²) >= 11 is 0. The van der Waals surface area contributed by atoms with E-state index in [-0.39, 0.29) is 11.8 Å². The molecule has 4 heteroatoms. The van der Waals surface area contributed by atoms with E-state index in [1.54, 1.807) is 0 Å². The lowest BCUT2D eigenvalue weighted by molar-refractivity contribution is -0.139. The average molecular weight is 386 g/mol. The third kappa shape index (κ3) is 2.89. The van der Waals surface area contributed by atoms with Crippen molar-refractivity contribution in [3.63, 3.8) is 0 Å². The Hall–Kier alpha value is -3.03. The van der Waals surface area contributed by atoms with Crippen LogP contribution >= 0.6 is 7.26 Å². The van der Waals surface area contributed by atoms with Crippen molar-refractivity contribution in [2.45, 2.75) is 6.92 Å². The molecule has 28 heavy (non-hydrogen) atoms. The molecule has 0 bridgehead atoms. The number of nitrogens with zero attached hydrogens (tertiary/aromatic N) is 1. The molecular formula is C24H21NO2P+. The molecule has 0 atom stereocenters. The van der Waals surface area contributed by atoms with Gasteiger partial charge in [0.1, 0.15) is 23.2 Å². The summed E-state index contributed by atoms with van der Waals surface area (Å²) < 4.78 is 0. The molecule has 0 unspecified atom stereocenters. The van der Waals surface area contributed by atoms with Gasteiger partial charge in [0, 0.05) is 6.92 Å². The molecule has 1 aliphatic rings. The van der Waals surface area contributed by atoms with Crippen LogP contribution < -0.4 is 15.9 Å². The first kappa shape index (κ1) is 18.3. The molecule has 1 aliphatic heterocycles. The quantitative estimate of drug-likeness (QED) is 0.646. The second kappa shape index (κ2) is 7.53. The molecule has 0 fully saturated rings. The van der Waals surface area contributed by atoms with Gasteiger partial charge in [-0.05, 0) is 42.5 Å². The van der Waals surface area contributed by atoms with Gasteiger partial charge in [-0.2, -0.15) is 0 Å². The Balaban J connectivity index is 2.06. The first-order valence-corrected chi connectivity index (χ1v) is 11.0. The molecule has 0 aliphatic carbocycles. The van der Waals surface area contributed by atoms with E-state index in [1.165, 1.54) is 11.8 Å². The van der Waals surface area contributed by atoms with E-state index in [9.17, 15) is 9.59 Å². The zero-order chi connectivity index (χ0) is 19.6. The van der Waals surface area contributed by atoms with Gasteiger partial charge in [0.15, 0.2) is 5.31 Å². The second-order valence-corrected chi connectivity index (χ2v) is 10.1. The van der Waals surface area contributed by atoms with E-state index in [0.717, 1.165) is 21.2 Å². The molecule has 4 rings (SSSR count). The lowest BCUT2D eigenvalue weighted by atomic mass is 10.3. The molecule has 3 nitrogen and oxygen atoms in total. The Morgan fingerprint density at radius 2 is 1.14 bits per heavy atom. The summed E-state index contributed by atoms with van der Waals surface area (Å²) in [7, 11) is -2.42. The van der Waals surface area contributed by atoms with E-state index in [4.69, 9.17) is 0 Å². The van der Waals surface area contributed by atoms with Gasteiger partial charge in [0.2, 0.25) is 5.91 Å². The highest BCUT2D eigenvalue weighted by atomic mass is 31.2. The molecular weight excluding hydrogens is 365 g/mol. The summed E-state index contributed by atoms with van der Waals surface area (Å²) in [5.74, 6) is -0.402. The van der Waals surface area contributed by atoms with Gasteiger partial charge in [-0.15, -0.1) is 0 Å². The molecule has 3 aromatic carbocycles. The van der Waals surface area contributed by atoms with E-state index < -0.39 is 7.26 Å². The molecule has 0 spiro atoms. The maximum atomic E-state index is 13.4. The van der Waals surface area contributed by atoms with E-state index in [1.807, 2.05) is 60.7 Å². The Morgan fingerprint density at radius 1 is 0.750 bits per heavy atom. The monoisotopic (exact) mass is 386 g/mol. The number of amides is 2. The molecule has 0 N–H and O–H groups in total. The van der Waals surface area contributed by atoms with E-state index in [2.05, 4.69) is 36.4 Å². The van der Waals surface area contributed by atoms with Gasteiger partial charge in [-0.1, -0.05) is 54.6 Å². The predicted molar refractivity (Wildman–Crippen MR) is 116 cm³/mol. The molecule has 2 amide bonds. The van der Waals surface area contributed by atoms with Crippen LogP contribution in [0.1, 0.15) is 6.92 Å². The SMILES string of the molecule is CC(=O)N1CC=C([P+](c2ccccc2)(c2ccccc2)c2ccccc2)C1=O. The minimum absolute atomic E-state index is 0.183. The maximum Gasteiger partial charge on any atom is 0.296 e. The van der Waals surface area contributed by atoms with Crippen molar-refractivity contribution in [2.24, 2.45) is 0 Å². The first-order chi connectivity index (χ1) is 13.7. The lowest BCUT2D eigenvalue weighted by Crippen LogP contribution is -2.38. The second-order valence-electron chi connectivity index (χ2n) is 6.70. The van der Waals surface area contributed by atoms with Crippen LogP contribution in [0.3, 0.4) is 0 Å². The number of benzene rings is 3. The number of carbonyl (C=O) groups is 2. The number of hydrogen-bond donors (Lipinski definition) is 0. The predicted octanol–water partition coefficient (Wildman–Crippen LogP) is 3.25. The van der Waals surface area contributed by atoms with Crippen LogP contribution in [-0.4, -0.2) is 23.3 Å². The maximum absolute atomic E-state index is 13.4. The first-order valence-electron chi connectivity index (χ1n) is 9.25. The smallest absolute Gasteiger partial charge is 0.275 e. The zero-order valence-corrected chi connectivity index (χ0v) is 16.6. The van der Waals surface area contributed by atoms with Gasteiger partial charge in [-0.25, -0.2) is 0 Å². The molecule has 138 valence electrons. The Morgan fingerprint density at radius 3 is 1.46 bits per heavy atom. The van der Waals surface area contributed by atoms with Crippen LogP contribution in [0.25, 0.3) is 0 Å². The number of carbonyl (C=O) groups excluding carboxylic acids is 2. The van der Waals surface area contributed by atoms with Crippen LogP contribution in [0.15, 0.2) is 102 Å². The van der Waals surface area contributed by atoms with Crippen LogP contribution in [0.5, 0.6) is 0 Å². The largest absolute Gasteiger partial charge is 0.296 e.